The highest BCUT2D eigenvalue weighted by molar-refractivity contribution is 6.32. The zero-order chi connectivity index (χ0) is 14.3. The van der Waals surface area contributed by atoms with Crippen molar-refractivity contribution in [2.24, 2.45) is 5.73 Å². The van der Waals surface area contributed by atoms with Crippen molar-refractivity contribution in [3.63, 3.8) is 0 Å². The van der Waals surface area contributed by atoms with Crippen molar-refractivity contribution < 1.29 is 9.47 Å². The van der Waals surface area contributed by atoms with Crippen molar-refractivity contribution in [1.29, 1.82) is 0 Å². The lowest BCUT2D eigenvalue weighted by atomic mass is 10.2. The predicted octanol–water partition coefficient (Wildman–Crippen LogP) is 2.53. The van der Waals surface area contributed by atoms with Gasteiger partial charge in [0.05, 0.1) is 18.2 Å². The van der Waals surface area contributed by atoms with Gasteiger partial charge in [-0.25, -0.2) is 0 Å². The standard InChI is InChI=1S/C14H23ClN2O2/c1-4-18-13-9-11(10-16)8-12(15)14(13)19-7-5-6-17(2)3/h8-9H,4-7,10,16H2,1-3H3. The molecule has 0 saturated heterocycles. The van der Waals surface area contributed by atoms with Crippen LogP contribution in [0.2, 0.25) is 5.02 Å². The van der Waals surface area contributed by atoms with Crippen molar-refractivity contribution in [1.82, 2.24) is 4.90 Å². The van der Waals surface area contributed by atoms with Gasteiger partial charge >= 0.3 is 0 Å². The number of hydrogen-bond acceptors (Lipinski definition) is 4. The quantitative estimate of drug-likeness (QED) is 0.746. The first-order valence-corrected chi connectivity index (χ1v) is 6.89. The summed E-state index contributed by atoms with van der Waals surface area (Å²) in [5.74, 6) is 1.28. The molecule has 0 aromatic heterocycles. The molecular weight excluding hydrogens is 264 g/mol. The second-order valence-electron chi connectivity index (χ2n) is 4.55. The molecule has 0 heterocycles. The first-order valence-electron chi connectivity index (χ1n) is 6.51. The molecule has 1 aromatic rings. The third-order valence-electron chi connectivity index (χ3n) is 2.60. The average Bonchev–Trinajstić information content (AvgIpc) is 2.36. The zero-order valence-corrected chi connectivity index (χ0v) is 12.7. The lowest BCUT2D eigenvalue weighted by Gasteiger charge is -2.15. The van der Waals surface area contributed by atoms with Gasteiger partial charge in [-0.1, -0.05) is 11.6 Å². The molecule has 0 saturated carbocycles. The van der Waals surface area contributed by atoms with Crippen LogP contribution in [0.3, 0.4) is 0 Å². The molecule has 0 atom stereocenters. The van der Waals surface area contributed by atoms with Crippen LogP contribution in [-0.2, 0) is 6.54 Å². The smallest absolute Gasteiger partial charge is 0.179 e. The van der Waals surface area contributed by atoms with Gasteiger partial charge in [0.1, 0.15) is 0 Å². The van der Waals surface area contributed by atoms with E-state index in [1.165, 1.54) is 0 Å². The van der Waals surface area contributed by atoms with Crippen molar-refractivity contribution in [2.45, 2.75) is 19.9 Å². The Morgan fingerprint density at radius 2 is 2.00 bits per heavy atom. The van der Waals surface area contributed by atoms with Crippen molar-refractivity contribution in [3.05, 3.63) is 22.7 Å². The monoisotopic (exact) mass is 286 g/mol. The van der Waals surface area contributed by atoms with Crippen LogP contribution >= 0.6 is 11.6 Å². The molecule has 19 heavy (non-hydrogen) atoms. The minimum absolute atomic E-state index is 0.431. The molecule has 0 fully saturated rings. The normalized spacial score (nSPS) is 10.8. The lowest BCUT2D eigenvalue weighted by Crippen LogP contribution is -2.15. The minimum atomic E-state index is 0.431. The summed E-state index contributed by atoms with van der Waals surface area (Å²) in [6.07, 6.45) is 0.938. The number of benzene rings is 1. The van der Waals surface area contributed by atoms with E-state index in [2.05, 4.69) is 4.90 Å². The molecular formula is C14H23ClN2O2. The van der Waals surface area contributed by atoms with Gasteiger partial charge in [0, 0.05) is 13.1 Å². The number of halogens is 1. The van der Waals surface area contributed by atoms with Gasteiger partial charge in [-0.05, 0) is 45.1 Å². The molecule has 0 aliphatic rings. The summed E-state index contributed by atoms with van der Waals surface area (Å²) in [4.78, 5) is 2.12. The Morgan fingerprint density at radius 3 is 2.58 bits per heavy atom. The van der Waals surface area contributed by atoms with Crippen molar-refractivity contribution >= 4 is 11.6 Å². The maximum absolute atomic E-state index is 6.22. The first-order chi connectivity index (χ1) is 9.08. The van der Waals surface area contributed by atoms with Crippen LogP contribution in [0, 0.1) is 0 Å². The Morgan fingerprint density at radius 1 is 1.26 bits per heavy atom. The van der Waals surface area contributed by atoms with Crippen LogP contribution < -0.4 is 15.2 Å². The summed E-state index contributed by atoms with van der Waals surface area (Å²) in [6, 6.07) is 3.71. The van der Waals surface area contributed by atoms with E-state index in [1.807, 2.05) is 33.2 Å². The van der Waals surface area contributed by atoms with Crippen LogP contribution in [0.25, 0.3) is 0 Å². The molecule has 1 rings (SSSR count). The first kappa shape index (κ1) is 16.1. The molecule has 0 aliphatic heterocycles. The molecule has 1 aromatic carbocycles. The van der Waals surface area contributed by atoms with Gasteiger partial charge in [0.15, 0.2) is 11.5 Å². The van der Waals surface area contributed by atoms with Crippen LogP contribution in [0.1, 0.15) is 18.9 Å². The van der Waals surface area contributed by atoms with E-state index in [0.29, 0.717) is 36.3 Å². The summed E-state index contributed by atoms with van der Waals surface area (Å²) in [6.45, 7) is 4.51. The summed E-state index contributed by atoms with van der Waals surface area (Å²) in [5, 5.41) is 0.552. The summed E-state index contributed by atoms with van der Waals surface area (Å²) >= 11 is 6.22. The molecule has 0 amide bonds. The molecule has 2 N–H and O–H groups in total. The molecule has 5 heteroatoms. The zero-order valence-electron chi connectivity index (χ0n) is 11.9. The van der Waals surface area contributed by atoms with E-state index >= 15 is 0 Å². The van der Waals surface area contributed by atoms with Gasteiger partial charge in [0.2, 0.25) is 0 Å². The number of nitrogens with zero attached hydrogens (tertiary/aromatic N) is 1. The molecule has 0 radical (unpaired) electrons. The molecule has 4 nitrogen and oxygen atoms in total. The number of rotatable bonds is 8. The van der Waals surface area contributed by atoms with Gasteiger partial charge in [-0.3, -0.25) is 0 Å². The van der Waals surface area contributed by atoms with E-state index in [1.54, 1.807) is 0 Å². The average molecular weight is 287 g/mol. The third-order valence-corrected chi connectivity index (χ3v) is 2.88. The molecule has 0 bridgehead atoms. The molecule has 0 unspecified atom stereocenters. The Bertz CT molecular complexity index is 397. The van der Waals surface area contributed by atoms with E-state index in [9.17, 15) is 0 Å². The highest BCUT2D eigenvalue weighted by Gasteiger charge is 2.12. The van der Waals surface area contributed by atoms with E-state index in [0.717, 1.165) is 18.5 Å². The fourth-order valence-electron chi connectivity index (χ4n) is 1.70. The van der Waals surface area contributed by atoms with Crippen LogP contribution in [0.5, 0.6) is 11.5 Å². The largest absolute Gasteiger partial charge is 0.490 e. The Balaban J connectivity index is 2.74. The fourth-order valence-corrected chi connectivity index (χ4v) is 1.99. The summed E-state index contributed by atoms with van der Waals surface area (Å²) in [7, 11) is 4.07. The maximum atomic E-state index is 6.22. The Labute approximate surface area is 120 Å². The maximum Gasteiger partial charge on any atom is 0.179 e. The molecule has 0 spiro atoms. The Kier molecular flexibility index (Phi) is 6.99. The van der Waals surface area contributed by atoms with E-state index in [-0.39, 0.29) is 0 Å². The fraction of sp³-hybridized carbons (Fsp3) is 0.571. The number of hydrogen-bond donors (Lipinski definition) is 1. The number of nitrogens with two attached hydrogens (primary N) is 1. The third kappa shape index (κ3) is 5.27. The summed E-state index contributed by atoms with van der Waals surface area (Å²) < 4.78 is 11.3. The number of ether oxygens (including phenoxy) is 2. The van der Waals surface area contributed by atoms with Crippen molar-refractivity contribution in [3.8, 4) is 11.5 Å². The van der Waals surface area contributed by atoms with Gasteiger partial charge in [-0.2, -0.15) is 0 Å². The topological polar surface area (TPSA) is 47.7 Å². The summed E-state index contributed by atoms with van der Waals surface area (Å²) in [5.41, 5.74) is 6.57. The minimum Gasteiger partial charge on any atom is -0.490 e. The van der Waals surface area contributed by atoms with Gasteiger partial charge in [0.25, 0.3) is 0 Å². The molecule has 108 valence electrons. The second kappa shape index (κ2) is 8.25. The second-order valence-corrected chi connectivity index (χ2v) is 4.95. The highest BCUT2D eigenvalue weighted by Crippen LogP contribution is 2.36. The highest BCUT2D eigenvalue weighted by atomic mass is 35.5. The van der Waals surface area contributed by atoms with Crippen LogP contribution in [-0.4, -0.2) is 38.8 Å². The van der Waals surface area contributed by atoms with Crippen molar-refractivity contribution in [2.75, 3.05) is 33.9 Å². The van der Waals surface area contributed by atoms with Crippen LogP contribution in [0.15, 0.2) is 12.1 Å². The lowest BCUT2D eigenvalue weighted by molar-refractivity contribution is 0.258. The molecule has 0 aliphatic carbocycles. The van der Waals surface area contributed by atoms with Gasteiger partial charge < -0.3 is 20.1 Å². The SMILES string of the molecule is CCOc1cc(CN)cc(Cl)c1OCCCN(C)C. The van der Waals surface area contributed by atoms with Crippen LogP contribution in [0.4, 0.5) is 0 Å². The Hall–Kier alpha value is -0.970. The van der Waals surface area contributed by atoms with E-state index < -0.39 is 0 Å². The van der Waals surface area contributed by atoms with Gasteiger partial charge in [-0.15, -0.1) is 0 Å². The van der Waals surface area contributed by atoms with E-state index in [4.69, 9.17) is 26.8 Å². The predicted molar refractivity (Wildman–Crippen MR) is 79.2 cm³/mol.